The van der Waals surface area contributed by atoms with Crippen LogP contribution in [0.15, 0.2) is 29.2 Å². The monoisotopic (exact) mass is 365 g/mol. The summed E-state index contributed by atoms with van der Waals surface area (Å²) in [6, 6.07) is 3.76. The van der Waals surface area contributed by atoms with Crippen molar-refractivity contribution in [1.82, 2.24) is 5.32 Å². The molecule has 1 aromatic rings. The normalized spacial score (nSPS) is 23.9. The minimum Gasteiger partial charge on any atom is -0.385 e. The number of benzene rings is 1. The van der Waals surface area contributed by atoms with E-state index in [-0.39, 0.29) is 10.6 Å². The lowest BCUT2D eigenvalue weighted by Crippen LogP contribution is -2.43. The molecule has 0 aliphatic carbocycles. The molecular formula is C14H20FNO5S2. The van der Waals surface area contributed by atoms with Gasteiger partial charge in [-0.05, 0) is 37.2 Å². The Morgan fingerprint density at radius 3 is 2.52 bits per heavy atom. The molecule has 1 aliphatic heterocycles. The van der Waals surface area contributed by atoms with Gasteiger partial charge in [0, 0.05) is 19.8 Å². The van der Waals surface area contributed by atoms with Gasteiger partial charge in [-0.2, -0.15) is 0 Å². The smallest absolute Gasteiger partial charge is 0.183 e. The molecule has 0 bridgehead atoms. The fraction of sp³-hybridized carbons (Fsp3) is 0.571. The molecule has 2 rings (SSSR count). The maximum atomic E-state index is 13.0. The SMILES string of the molecule is COCCCN[C@@H]1CS(=O)(=O)C[C@H]1S(=O)(=O)c1ccc(F)cc1. The molecular weight excluding hydrogens is 345 g/mol. The van der Waals surface area contributed by atoms with Crippen LogP contribution in [0.4, 0.5) is 4.39 Å². The highest BCUT2D eigenvalue weighted by Crippen LogP contribution is 2.26. The van der Waals surface area contributed by atoms with E-state index in [1.807, 2.05) is 0 Å². The van der Waals surface area contributed by atoms with E-state index in [0.29, 0.717) is 19.6 Å². The molecule has 0 spiro atoms. The van der Waals surface area contributed by atoms with Crippen molar-refractivity contribution in [2.45, 2.75) is 22.6 Å². The average molecular weight is 365 g/mol. The largest absolute Gasteiger partial charge is 0.385 e. The molecule has 1 saturated heterocycles. The molecule has 0 radical (unpaired) electrons. The summed E-state index contributed by atoms with van der Waals surface area (Å²) in [6.45, 7) is 0.964. The van der Waals surface area contributed by atoms with Crippen LogP contribution in [0.5, 0.6) is 0 Å². The van der Waals surface area contributed by atoms with Gasteiger partial charge in [0.1, 0.15) is 5.82 Å². The van der Waals surface area contributed by atoms with Crippen molar-refractivity contribution in [2.24, 2.45) is 0 Å². The molecule has 6 nitrogen and oxygen atoms in total. The van der Waals surface area contributed by atoms with Crippen molar-refractivity contribution < 1.29 is 26.0 Å². The van der Waals surface area contributed by atoms with Gasteiger partial charge >= 0.3 is 0 Å². The highest BCUT2D eigenvalue weighted by Gasteiger charge is 2.45. The number of ether oxygens (including phenoxy) is 1. The predicted molar refractivity (Wildman–Crippen MR) is 84.3 cm³/mol. The van der Waals surface area contributed by atoms with Gasteiger partial charge in [-0.1, -0.05) is 0 Å². The molecule has 0 saturated carbocycles. The Hall–Kier alpha value is -1.03. The zero-order valence-electron chi connectivity index (χ0n) is 12.7. The lowest BCUT2D eigenvalue weighted by atomic mass is 10.2. The topological polar surface area (TPSA) is 89.5 Å². The summed E-state index contributed by atoms with van der Waals surface area (Å²) < 4.78 is 67.0. The van der Waals surface area contributed by atoms with Crippen LogP contribution in [0.2, 0.25) is 0 Å². The summed E-state index contributed by atoms with van der Waals surface area (Å²) in [4.78, 5) is -0.0651. The Kier molecular flexibility index (Phi) is 5.77. The third-order valence-electron chi connectivity index (χ3n) is 3.77. The van der Waals surface area contributed by atoms with Gasteiger partial charge < -0.3 is 10.1 Å². The molecule has 1 N–H and O–H groups in total. The van der Waals surface area contributed by atoms with Crippen molar-refractivity contribution in [3.63, 3.8) is 0 Å². The molecule has 1 fully saturated rings. The second kappa shape index (κ2) is 7.25. The van der Waals surface area contributed by atoms with Crippen LogP contribution in [0.1, 0.15) is 6.42 Å². The molecule has 23 heavy (non-hydrogen) atoms. The second-order valence-electron chi connectivity index (χ2n) is 5.52. The first-order chi connectivity index (χ1) is 10.8. The quantitative estimate of drug-likeness (QED) is 0.555. The molecule has 130 valence electrons. The summed E-state index contributed by atoms with van der Waals surface area (Å²) in [5.41, 5.74) is 0. The molecule has 1 aromatic carbocycles. The van der Waals surface area contributed by atoms with Crippen LogP contribution in [0.3, 0.4) is 0 Å². The van der Waals surface area contributed by atoms with Gasteiger partial charge in [0.05, 0.1) is 21.7 Å². The van der Waals surface area contributed by atoms with E-state index < -0.39 is 42.5 Å². The Morgan fingerprint density at radius 1 is 1.26 bits per heavy atom. The molecule has 2 atom stereocenters. The predicted octanol–water partition coefficient (Wildman–Crippen LogP) is 0.391. The van der Waals surface area contributed by atoms with Gasteiger partial charge in [0.25, 0.3) is 0 Å². The van der Waals surface area contributed by atoms with Gasteiger partial charge in [0.15, 0.2) is 19.7 Å². The maximum absolute atomic E-state index is 13.0. The van der Waals surface area contributed by atoms with E-state index in [1.54, 1.807) is 7.11 Å². The standard InChI is InChI=1S/C14H20FNO5S2/c1-21-8-2-7-16-13-9-22(17,18)10-14(13)23(19,20)12-5-3-11(15)4-6-12/h3-6,13-14,16H,2,7-10H2,1H3/t13-,14-/m1/s1. The number of halogens is 1. The average Bonchev–Trinajstić information content (AvgIpc) is 2.80. The second-order valence-corrected chi connectivity index (χ2v) is 9.84. The van der Waals surface area contributed by atoms with Gasteiger partial charge in [0.2, 0.25) is 0 Å². The first-order valence-electron chi connectivity index (χ1n) is 7.18. The first-order valence-corrected chi connectivity index (χ1v) is 10.6. The van der Waals surface area contributed by atoms with E-state index in [2.05, 4.69) is 5.32 Å². The van der Waals surface area contributed by atoms with Crippen LogP contribution in [0, 0.1) is 5.82 Å². The third-order valence-corrected chi connectivity index (χ3v) is 7.94. The first kappa shape index (κ1) is 18.3. The van der Waals surface area contributed by atoms with Crippen LogP contribution in [-0.4, -0.2) is 59.9 Å². The number of methoxy groups -OCH3 is 1. The lowest BCUT2D eigenvalue weighted by molar-refractivity contribution is 0.193. The zero-order valence-corrected chi connectivity index (χ0v) is 14.4. The number of sulfone groups is 2. The lowest BCUT2D eigenvalue weighted by Gasteiger charge is -2.20. The summed E-state index contributed by atoms with van der Waals surface area (Å²) >= 11 is 0. The van der Waals surface area contributed by atoms with Crippen LogP contribution >= 0.6 is 0 Å². The number of nitrogens with one attached hydrogen (secondary N) is 1. The molecule has 0 aromatic heterocycles. The Labute approximate surface area is 135 Å². The zero-order chi connectivity index (χ0) is 17.1. The van der Waals surface area contributed by atoms with Gasteiger partial charge in [-0.15, -0.1) is 0 Å². The van der Waals surface area contributed by atoms with Crippen molar-refractivity contribution in [3.05, 3.63) is 30.1 Å². The van der Waals surface area contributed by atoms with Gasteiger partial charge in [-0.25, -0.2) is 21.2 Å². The molecule has 9 heteroatoms. The number of hydrogen-bond donors (Lipinski definition) is 1. The molecule has 0 amide bonds. The Morgan fingerprint density at radius 2 is 1.91 bits per heavy atom. The summed E-state index contributed by atoms with van der Waals surface area (Å²) in [7, 11) is -5.73. The van der Waals surface area contributed by atoms with Crippen LogP contribution in [-0.2, 0) is 24.4 Å². The van der Waals surface area contributed by atoms with Crippen LogP contribution in [0.25, 0.3) is 0 Å². The van der Waals surface area contributed by atoms with Crippen molar-refractivity contribution >= 4 is 19.7 Å². The minimum atomic E-state index is -3.86. The highest BCUT2D eigenvalue weighted by atomic mass is 32.2. The maximum Gasteiger partial charge on any atom is 0.183 e. The Bertz CT molecular complexity index is 731. The number of hydrogen-bond acceptors (Lipinski definition) is 6. The van der Waals surface area contributed by atoms with Crippen molar-refractivity contribution in [2.75, 3.05) is 31.8 Å². The highest BCUT2D eigenvalue weighted by molar-refractivity contribution is 7.96. The van der Waals surface area contributed by atoms with Gasteiger partial charge in [-0.3, -0.25) is 0 Å². The molecule has 1 heterocycles. The minimum absolute atomic E-state index is 0.0651. The summed E-state index contributed by atoms with van der Waals surface area (Å²) in [5.74, 6) is -1.18. The Balaban J connectivity index is 2.21. The summed E-state index contributed by atoms with van der Waals surface area (Å²) in [6.07, 6.45) is 0.649. The van der Waals surface area contributed by atoms with Crippen molar-refractivity contribution in [1.29, 1.82) is 0 Å². The number of rotatable bonds is 7. The molecule has 0 unspecified atom stereocenters. The van der Waals surface area contributed by atoms with E-state index in [1.165, 1.54) is 0 Å². The fourth-order valence-electron chi connectivity index (χ4n) is 2.61. The van der Waals surface area contributed by atoms with Crippen molar-refractivity contribution in [3.8, 4) is 0 Å². The molecule has 1 aliphatic rings. The van der Waals surface area contributed by atoms with Crippen LogP contribution < -0.4 is 5.32 Å². The van der Waals surface area contributed by atoms with E-state index in [0.717, 1.165) is 24.3 Å². The summed E-state index contributed by atoms with van der Waals surface area (Å²) in [5, 5.41) is 1.93. The van der Waals surface area contributed by atoms with E-state index in [9.17, 15) is 21.2 Å². The third kappa shape index (κ3) is 4.50. The van der Waals surface area contributed by atoms with E-state index in [4.69, 9.17) is 4.74 Å². The van der Waals surface area contributed by atoms with E-state index >= 15 is 0 Å². The fourth-order valence-corrected chi connectivity index (χ4v) is 7.33.